The monoisotopic (exact) mass is 365 g/mol. The van der Waals surface area contributed by atoms with Crippen LogP contribution in [0.25, 0.3) is 0 Å². The summed E-state index contributed by atoms with van der Waals surface area (Å²) in [5.74, 6) is -1.73. The zero-order valence-electron chi connectivity index (χ0n) is 14.0. The summed E-state index contributed by atoms with van der Waals surface area (Å²) < 4.78 is 37.7. The molecule has 2 aromatic rings. The summed E-state index contributed by atoms with van der Waals surface area (Å²) >= 11 is 0. The fourth-order valence-corrected chi connectivity index (χ4v) is 2.48. The molecule has 7 heteroatoms. The Kier molecular flexibility index (Phi) is 6.02. The number of alkyl halides is 3. The van der Waals surface area contributed by atoms with Crippen LogP contribution in [-0.2, 0) is 28.6 Å². The van der Waals surface area contributed by atoms with Crippen molar-refractivity contribution in [1.82, 2.24) is 0 Å². The number of benzene rings is 2. The Balaban J connectivity index is 1.98. The Morgan fingerprint density at radius 1 is 1.08 bits per heavy atom. The summed E-state index contributed by atoms with van der Waals surface area (Å²) in [6, 6.07) is 11.2. The standard InChI is InChI=1S/C19H18F3NO3/c1-12(9-13-5-7-15(8-6-13)19(20,21)22)18(26)23-16-4-2-3-14(10-16)11-17(24)25/h2-8,10,12H,9,11H2,1H3,(H,23,26)(H,24,25). The molecule has 0 spiro atoms. The lowest BCUT2D eigenvalue weighted by molar-refractivity contribution is -0.138. The van der Waals surface area contributed by atoms with E-state index in [9.17, 15) is 22.8 Å². The Hall–Kier alpha value is -2.83. The number of anilines is 1. The SMILES string of the molecule is CC(Cc1ccc(C(F)(F)F)cc1)C(=O)Nc1cccc(CC(=O)O)c1. The van der Waals surface area contributed by atoms with Crippen molar-refractivity contribution in [3.8, 4) is 0 Å². The van der Waals surface area contributed by atoms with Crippen molar-refractivity contribution < 1.29 is 27.9 Å². The molecule has 2 N–H and O–H groups in total. The number of carboxylic acids is 1. The molecule has 0 heterocycles. The average molecular weight is 365 g/mol. The van der Waals surface area contributed by atoms with Gasteiger partial charge in [-0.3, -0.25) is 9.59 Å². The second-order valence-corrected chi connectivity index (χ2v) is 6.06. The number of hydrogen-bond donors (Lipinski definition) is 2. The Morgan fingerprint density at radius 3 is 2.31 bits per heavy atom. The molecule has 0 fully saturated rings. The van der Waals surface area contributed by atoms with Crippen molar-refractivity contribution in [3.63, 3.8) is 0 Å². The van der Waals surface area contributed by atoms with Crippen molar-refractivity contribution in [2.24, 2.45) is 5.92 Å². The van der Waals surface area contributed by atoms with Gasteiger partial charge in [0.1, 0.15) is 0 Å². The van der Waals surface area contributed by atoms with Crippen LogP contribution >= 0.6 is 0 Å². The van der Waals surface area contributed by atoms with E-state index in [-0.39, 0.29) is 12.3 Å². The topological polar surface area (TPSA) is 66.4 Å². The van der Waals surface area contributed by atoms with Crippen LogP contribution in [0, 0.1) is 5.92 Å². The molecule has 2 aromatic carbocycles. The van der Waals surface area contributed by atoms with Crippen molar-refractivity contribution in [2.75, 3.05) is 5.32 Å². The van der Waals surface area contributed by atoms with E-state index in [1.807, 2.05) is 0 Å². The van der Waals surface area contributed by atoms with Crippen LogP contribution in [0.5, 0.6) is 0 Å². The fourth-order valence-electron chi connectivity index (χ4n) is 2.48. The van der Waals surface area contributed by atoms with Gasteiger partial charge in [0.25, 0.3) is 0 Å². The number of hydrogen-bond acceptors (Lipinski definition) is 2. The molecule has 26 heavy (non-hydrogen) atoms. The summed E-state index contributed by atoms with van der Waals surface area (Å²) in [5, 5.41) is 11.5. The number of carboxylic acid groups (broad SMARTS) is 1. The predicted molar refractivity (Wildman–Crippen MR) is 90.7 cm³/mol. The van der Waals surface area contributed by atoms with Gasteiger partial charge in [-0.1, -0.05) is 31.2 Å². The zero-order valence-corrected chi connectivity index (χ0v) is 14.0. The number of aliphatic carboxylic acids is 1. The molecule has 0 saturated carbocycles. The highest BCUT2D eigenvalue weighted by molar-refractivity contribution is 5.92. The maximum atomic E-state index is 12.6. The molecule has 0 saturated heterocycles. The normalized spacial score (nSPS) is 12.5. The predicted octanol–water partition coefficient (Wildman–Crippen LogP) is 4.15. The summed E-state index contributed by atoms with van der Waals surface area (Å²) in [6.07, 6.45) is -4.24. The van der Waals surface area contributed by atoms with E-state index in [0.717, 1.165) is 12.1 Å². The minimum absolute atomic E-state index is 0.148. The van der Waals surface area contributed by atoms with Crippen molar-refractivity contribution in [1.29, 1.82) is 0 Å². The van der Waals surface area contributed by atoms with E-state index in [4.69, 9.17) is 5.11 Å². The molecule has 0 aliphatic carbocycles. The average Bonchev–Trinajstić information content (AvgIpc) is 2.54. The van der Waals surface area contributed by atoms with Gasteiger partial charge in [0.2, 0.25) is 5.91 Å². The summed E-state index contributed by atoms with van der Waals surface area (Å²) in [7, 11) is 0. The zero-order chi connectivity index (χ0) is 19.3. The molecule has 2 rings (SSSR count). The van der Waals surface area contributed by atoms with E-state index in [1.165, 1.54) is 12.1 Å². The van der Waals surface area contributed by atoms with Gasteiger partial charge in [-0.25, -0.2) is 0 Å². The van der Waals surface area contributed by atoms with Crippen LogP contribution < -0.4 is 5.32 Å². The molecule has 4 nitrogen and oxygen atoms in total. The van der Waals surface area contributed by atoms with Crippen LogP contribution in [0.2, 0.25) is 0 Å². The maximum absolute atomic E-state index is 12.6. The lowest BCUT2D eigenvalue weighted by Gasteiger charge is -2.14. The molecule has 0 radical (unpaired) electrons. The maximum Gasteiger partial charge on any atom is 0.416 e. The minimum Gasteiger partial charge on any atom is -0.481 e. The molecule has 0 aromatic heterocycles. The Labute approximate surface area is 148 Å². The molecule has 1 unspecified atom stereocenters. The molecule has 1 amide bonds. The highest BCUT2D eigenvalue weighted by Gasteiger charge is 2.30. The van der Waals surface area contributed by atoms with Gasteiger partial charge in [0.15, 0.2) is 0 Å². The van der Waals surface area contributed by atoms with Gasteiger partial charge in [-0.2, -0.15) is 13.2 Å². The van der Waals surface area contributed by atoms with Gasteiger partial charge in [-0.05, 0) is 41.8 Å². The van der Waals surface area contributed by atoms with Gasteiger partial charge < -0.3 is 10.4 Å². The third-order valence-electron chi connectivity index (χ3n) is 3.82. The second-order valence-electron chi connectivity index (χ2n) is 6.06. The third kappa shape index (κ3) is 5.61. The van der Waals surface area contributed by atoms with E-state index < -0.39 is 23.6 Å². The lowest BCUT2D eigenvalue weighted by Crippen LogP contribution is -2.22. The van der Waals surface area contributed by atoms with E-state index in [2.05, 4.69) is 5.32 Å². The smallest absolute Gasteiger partial charge is 0.416 e. The number of amides is 1. The van der Waals surface area contributed by atoms with Crippen LogP contribution in [0.4, 0.5) is 18.9 Å². The second kappa shape index (κ2) is 8.03. The van der Waals surface area contributed by atoms with Crippen LogP contribution in [0.1, 0.15) is 23.6 Å². The van der Waals surface area contributed by atoms with Gasteiger partial charge in [-0.15, -0.1) is 0 Å². The number of carbonyl (C=O) groups is 2. The van der Waals surface area contributed by atoms with Crippen molar-refractivity contribution in [2.45, 2.75) is 25.9 Å². The molecular weight excluding hydrogens is 347 g/mol. The Bertz CT molecular complexity index is 785. The van der Waals surface area contributed by atoms with E-state index in [1.54, 1.807) is 31.2 Å². The number of halogens is 3. The van der Waals surface area contributed by atoms with E-state index >= 15 is 0 Å². The van der Waals surface area contributed by atoms with Gasteiger partial charge >= 0.3 is 12.1 Å². The van der Waals surface area contributed by atoms with E-state index in [0.29, 0.717) is 23.2 Å². The van der Waals surface area contributed by atoms with Gasteiger partial charge in [0, 0.05) is 11.6 Å². The van der Waals surface area contributed by atoms with Crippen molar-refractivity contribution >= 4 is 17.6 Å². The quantitative estimate of drug-likeness (QED) is 0.808. The largest absolute Gasteiger partial charge is 0.481 e. The molecule has 0 aliphatic rings. The fraction of sp³-hybridized carbons (Fsp3) is 0.263. The Morgan fingerprint density at radius 2 is 1.73 bits per heavy atom. The highest BCUT2D eigenvalue weighted by atomic mass is 19.4. The first-order valence-electron chi connectivity index (χ1n) is 7.93. The van der Waals surface area contributed by atoms with Gasteiger partial charge in [0.05, 0.1) is 12.0 Å². The molecule has 0 aliphatic heterocycles. The van der Waals surface area contributed by atoms with Crippen molar-refractivity contribution in [3.05, 3.63) is 65.2 Å². The van der Waals surface area contributed by atoms with Crippen LogP contribution in [0.15, 0.2) is 48.5 Å². The first kappa shape index (κ1) is 19.5. The first-order valence-corrected chi connectivity index (χ1v) is 7.93. The lowest BCUT2D eigenvalue weighted by atomic mass is 9.99. The number of carbonyl (C=O) groups excluding carboxylic acids is 1. The molecular formula is C19H18F3NO3. The first-order chi connectivity index (χ1) is 12.1. The van der Waals surface area contributed by atoms with Crippen LogP contribution in [0.3, 0.4) is 0 Å². The summed E-state index contributed by atoms with van der Waals surface area (Å²) in [6.45, 7) is 1.67. The molecule has 138 valence electrons. The summed E-state index contributed by atoms with van der Waals surface area (Å²) in [4.78, 5) is 23.0. The van der Waals surface area contributed by atoms with Crippen LogP contribution in [-0.4, -0.2) is 17.0 Å². The third-order valence-corrected chi connectivity index (χ3v) is 3.82. The number of rotatable bonds is 6. The highest BCUT2D eigenvalue weighted by Crippen LogP contribution is 2.29. The summed E-state index contributed by atoms with van der Waals surface area (Å²) in [5.41, 5.74) is 0.938. The number of nitrogens with one attached hydrogen (secondary N) is 1. The minimum atomic E-state index is -4.39. The molecule has 1 atom stereocenters. The molecule has 0 bridgehead atoms.